The molecule has 0 bridgehead atoms. The van der Waals surface area contributed by atoms with Gasteiger partial charge in [0.15, 0.2) is 11.5 Å². The van der Waals surface area contributed by atoms with Crippen LogP contribution in [0.5, 0.6) is 0 Å². The van der Waals surface area contributed by atoms with Gasteiger partial charge in [0.1, 0.15) is 11.3 Å². The molecular formula is C23H20FN3O4S. The number of aromatic nitrogens is 1. The maximum absolute atomic E-state index is 13.4. The van der Waals surface area contributed by atoms with Crippen LogP contribution in [-0.4, -0.2) is 19.3 Å². The minimum absolute atomic E-state index is 0.0484. The van der Waals surface area contributed by atoms with E-state index >= 15 is 0 Å². The number of nitrogens with one attached hydrogen (secondary N) is 2. The predicted molar refractivity (Wildman–Crippen MR) is 120 cm³/mol. The Bertz CT molecular complexity index is 1410. The summed E-state index contributed by atoms with van der Waals surface area (Å²) < 4.78 is 46.5. The summed E-state index contributed by atoms with van der Waals surface area (Å²) in [5.74, 6) is -0.211. The Labute approximate surface area is 184 Å². The average Bonchev–Trinajstić information content (AvgIpc) is 3.18. The minimum Gasteiger partial charge on any atom is -0.441 e. The van der Waals surface area contributed by atoms with Gasteiger partial charge in [0, 0.05) is 23.4 Å². The van der Waals surface area contributed by atoms with Crippen molar-refractivity contribution in [3.63, 3.8) is 0 Å². The number of benzene rings is 3. The van der Waals surface area contributed by atoms with Crippen LogP contribution in [-0.2, 0) is 16.4 Å². The molecule has 3 aromatic carbocycles. The number of aryl methyl sites for hydroxylation is 2. The number of halogens is 1. The molecule has 0 radical (unpaired) electrons. The fourth-order valence-corrected chi connectivity index (χ4v) is 4.24. The fraction of sp³-hybridized carbons (Fsp3) is 0.130. The van der Waals surface area contributed by atoms with Gasteiger partial charge in [0.05, 0.1) is 4.90 Å². The third kappa shape index (κ3) is 4.47. The normalized spacial score (nSPS) is 11.5. The SMILES string of the molecule is CCc1nc2cc(NC(=O)c3ccc(NS(=O)(=O)c4ccc(F)c(C)c4)cc3)ccc2o1. The van der Waals surface area contributed by atoms with E-state index in [2.05, 4.69) is 15.0 Å². The highest BCUT2D eigenvalue weighted by molar-refractivity contribution is 7.92. The Morgan fingerprint density at radius 2 is 1.75 bits per heavy atom. The van der Waals surface area contributed by atoms with Gasteiger partial charge in [-0.25, -0.2) is 17.8 Å². The number of oxazole rings is 1. The molecule has 164 valence electrons. The summed E-state index contributed by atoms with van der Waals surface area (Å²) in [6.07, 6.45) is 0.674. The van der Waals surface area contributed by atoms with E-state index in [9.17, 15) is 17.6 Å². The Morgan fingerprint density at radius 3 is 2.44 bits per heavy atom. The van der Waals surface area contributed by atoms with E-state index in [0.717, 1.165) is 6.07 Å². The monoisotopic (exact) mass is 453 g/mol. The molecule has 2 N–H and O–H groups in total. The molecule has 0 spiro atoms. The molecule has 0 fully saturated rings. The van der Waals surface area contributed by atoms with E-state index in [0.29, 0.717) is 34.7 Å². The van der Waals surface area contributed by atoms with Crippen molar-refractivity contribution in [3.05, 3.63) is 83.5 Å². The van der Waals surface area contributed by atoms with Gasteiger partial charge in [-0.05, 0) is 73.2 Å². The summed E-state index contributed by atoms with van der Waals surface area (Å²) in [5, 5.41) is 2.79. The van der Waals surface area contributed by atoms with Gasteiger partial charge >= 0.3 is 0 Å². The fourth-order valence-electron chi connectivity index (χ4n) is 3.10. The maximum atomic E-state index is 13.4. The summed E-state index contributed by atoms with van der Waals surface area (Å²) in [4.78, 5) is 16.9. The first-order valence-corrected chi connectivity index (χ1v) is 11.3. The molecule has 32 heavy (non-hydrogen) atoms. The van der Waals surface area contributed by atoms with Gasteiger partial charge in [0.25, 0.3) is 15.9 Å². The van der Waals surface area contributed by atoms with E-state index in [4.69, 9.17) is 4.42 Å². The van der Waals surface area contributed by atoms with Gasteiger partial charge in [-0.1, -0.05) is 6.92 Å². The number of anilines is 2. The quantitative estimate of drug-likeness (QED) is 0.433. The molecule has 1 heterocycles. The van der Waals surface area contributed by atoms with Crippen molar-refractivity contribution in [2.75, 3.05) is 10.0 Å². The van der Waals surface area contributed by atoms with Crippen LogP contribution in [0, 0.1) is 12.7 Å². The lowest BCUT2D eigenvalue weighted by molar-refractivity contribution is 0.102. The highest BCUT2D eigenvalue weighted by Crippen LogP contribution is 2.22. The number of amides is 1. The van der Waals surface area contributed by atoms with Crippen LogP contribution in [0.1, 0.15) is 28.7 Å². The van der Waals surface area contributed by atoms with Crippen molar-refractivity contribution in [2.24, 2.45) is 0 Å². The standard InChI is InChI=1S/C23H20FN3O4S/c1-3-22-26-20-13-17(8-11-21(20)31-22)25-23(28)15-4-6-16(7-5-15)27-32(29,30)18-9-10-19(24)14(2)12-18/h4-13,27H,3H2,1-2H3,(H,25,28). The molecule has 1 aromatic heterocycles. The van der Waals surface area contributed by atoms with Gasteiger partial charge in [-0.15, -0.1) is 0 Å². The minimum atomic E-state index is -3.89. The highest BCUT2D eigenvalue weighted by atomic mass is 32.2. The molecule has 0 atom stereocenters. The second-order valence-corrected chi connectivity index (χ2v) is 8.87. The largest absolute Gasteiger partial charge is 0.441 e. The molecule has 0 unspecified atom stereocenters. The third-order valence-corrected chi connectivity index (χ3v) is 6.21. The van der Waals surface area contributed by atoms with Crippen molar-refractivity contribution < 1.29 is 22.0 Å². The summed E-state index contributed by atoms with van der Waals surface area (Å²) in [6, 6.07) is 14.7. The molecule has 4 rings (SSSR count). The Kier molecular flexibility index (Phi) is 5.67. The van der Waals surface area contributed by atoms with Crippen molar-refractivity contribution in [2.45, 2.75) is 25.2 Å². The molecule has 1 amide bonds. The third-order valence-electron chi connectivity index (χ3n) is 4.83. The van der Waals surface area contributed by atoms with Gasteiger partial charge < -0.3 is 9.73 Å². The van der Waals surface area contributed by atoms with Crippen LogP contribution in [0.4, 0.5) is 15.8 Å². The lowest BCUT2D eigenvalue weighted by Gasteiger charge is -2.10. The van der Waals surface area contributed by atoms with Crippen molar-refractivity contribution >= 4 is 38.4 Å². The Balaban J connectivity index is 1.47. The van der Waals surface area contributed by atoms with Crippen LogP contribution < -0.4 is 10.0 Å². The summed E-state index contributed by atoms with van der Waals surface area (Å²) in [7, 11) is -3.89. The van der Waals surface area contributed by atoms with E-state index in [-0.39, 0.29) is 22.1 Å². The van der Waals surface area contributed by atoms with Gasteiger partial charge in [-0.2, -0.15) is 0 Å². The highest BCUT2D eigenvalue weighted by Gasteiger charge is 2.16. The van der Waals surface area contributed by atoms with Gasteiger partial charge in [-0.3, -0.25) is 9.52 Å². The number of rotatable bonds is 6. The summed E-state index contributed by atoms with van der Waals surface area (Å²) in [5.41, 5.74) is 2.72. The zero-order valence-electron chi connectivity index (χ0n) is 17.3. The average molecular weight is 453 g/mol. The second-order valence-electron chi connectivity index (χ2n) is 7.19. The first kappa shape index (κ1) is 21.5. The van der Waals surface area contributed by atoms with Crippen LogP contribution in [0.2, 0.25) is 0 Å². The van der Waals surface area contributed by atoms with Crippen LogP contribution in [0.3, 0.4) is 0 Å². The number of hydrogen-bond acceptors (Lipinski definition) is 5. The topological polar surface area (TPSA) is 101 Å². The number of hydrogen-bond donors (Lipinski definition) is 2. The van der Waals surface area contributed by atoms with Crippen molar-refractivity contribution in [1.82, 2.24) is 4.98 Å². The molecular weight excluding hydrogens is 433 g/mol. The second kappa shape index (κ2) is 8.43. The van der Waals surface area contributed by atoms with E-state index in [1.54, 1.807) is 18.2 Å². The lowest BCUT2D eigenvalue weighted by Crippen LogP contribution is -2.14. The Hall–Kier alpha value is -3.72. The molecule has 4 aromatic rings. The zero-order chi connectivity index (χ0) is 22.9. The number of nitrogens with zero attached hydrogens (tertiary/aromatic N) is 1. The van der Waals surface area contributed by atoms with E-state index < -0.39 is 15.8 Å². The van der Waals surface area contributed by atoms with E-state index in [1.807, 2.05) is 6.92 Å². The first-order valence-electron chi connectivity index (χ1n) is 9.85. The maximum Gasteiger partial charge on any atom is 0.261 e. The molecule has 0 aliphatic carbocycles. The van der Waals surface area contributed by atoms with Crippen LogP contribution in [0.25, 0.3) is 11.1 Å². The molecule has 0 saturated heterocycles. The van der Waals surface area contributed by atoms with Crippen molar-refractivity contribution in [1.29, 1.82) is 0 Å². The van der Waals surface area contributed by atoms with Crippen molar-refractivity contribution in [3.8, 4) is 0 Å². The zero-order valence-corrected chi connectivity index (χ0v) is 18.2. The molecule has 0 aliphatic heterocycles. The van der Waals surface area contributed by atoms with Crippen LogP contribution >= 0.6 is 0 Å². The predicted octanol–water partition coefficient (Wildman–Crippen LogP) is 4.89. The van der Waals surface area contributed by atoms with E-state index in [1.165, 1.54) is 43.3 Å². The summed E-state index contributed by atoms with van der Waals surface area (Å²) in [6.45, 7) is 3.43. The first-order chi connectivity index (χ1) is 15.2. The number of sulfonamides is 1. The lowest BCUT2D eigenvalue weighted by atomic mass is 10.2. The molecule has 0 aliphatic rings. The number of fused-ring (bicyclic) bond motifs is 1. The van der Waals surface area contributed by atoms with Gasteiger partial charge in [0.2, 0.25) is 0 Å². The molecule has 0 saturated carbocycles. The number of carbonyl (C=O) groups is 1. The smallest absolute Gasteiger partial charge is 0.261 e. The molecule has 9 heteroatoms. The van der Waals surface area contributed by atoms with Crippen LogP contribution in [0.15, 0.2) is 70.0 Å². The number of carbonyl (C=O) groups excluding carboxylic acids is 1. The Morgan fingerprint density at radius 1 is 1.03 bits per heavy atom. The summed E-state index contributed by atoms with van der Waals surface area (Å²) >= 11 is 0. The molecule has 7 nitrogen and oxygen atoms in total.